The van der Waals surface area contributed by atoms with Crippen LogP contribution in [0.2, 0.25) is 0 Å². The maximum Gasteiger partial charge on any atom is 0.264 e. The van der Waals surface area contributed by atoms with E-state index in [2.05, 4.69) is 20.0 Å². The summed E-state index contributed by atoms with van der Waals surface area (Å²) in [6.07, 6.45) is 1.08. The maximum atomic E-state index is 13.3. The number of aryl methyl sites for hydroxylation is 2. The molecule has 0 saturated heterocycles. The second kappa shape index (κ2) is 10.6. The lowest BCUT2D eigenvalue weighted by Crippen LogP contribution is -2.47. The Kier molecular flexibility index (Phi) is 7.94. The minimum absolute atomic E-state index is 0.0580. The number of amides is 1. The van der Waals surface area contributed by atoms with E-state index in [1.165, 1.54) is 36.4 Å². The highest BCUT2D eigenvalue weighted by Gasteiger charge is 2.31. The van der Waals surface area contributed by atoms with Gasteiger partial charge < -0.3 is 5.32 Å². The van der Waals surface area contributed by atoms with Crippen molar-refractivity contribution in [3.8, 4) is 0 Å². The summed E-state index contributed by atoms with van der Waals surface area (Å²) in [5.41, 5.74) is 1.61. The molecule has 1 atom stereocenters. The van der Waals surface area contributed by atoms with E-state index >= 15 is 0 Å². The Bertz CT molecular complexity index is 1440. The average molecular weight is 536 g/mol. The molecule has 0 aliphatic carbocycles. The van der Waals surface area contributed by atoms with Gasteiger partial charge in [-0.1, -0.05) is 6.92 Å². The molecule has 192 valence electrons. The van der Waals surface area contributed by atoms with Crippen molar-refractivity contribution in [1.29, 1.82) is 0 Å². The van der Waals surface area contributed by atoms with E-state index in [4.69, 9.17) is 0 Å². The Hall–Kier alpha value is -3.58. The lowest BCUT2D eigenvalue weighted by molar-refractivity contribution is -0.117. The molecule has 1 heterocycles. The first-order valence-corrected chi connectivity index (χ1v) is 14.1. The molecule has 36 heavy (non-hydrogen) atoms. The van der Waals surface area contributed by atoms with Gasteiger partial charge >= 0.3 is 0 Å². The van der Waals surface area contributed by atoms with E-state index in [-0.39, 0.29) is 28.6 Å². The molecule has 0 radical (unpaired) electrons. The maximum absolute atomic E-state index is 13.3. The van der Waals surface area contributed by atoms with Crippen LogP contribution in [0.1, 0.15) is 24.7 Å². The van der Waals surface area contributed by atoms with Gasteiger partial charge in [-0.3, -0.25) is 9.10 Å². The Morgan fingerprint density at radius 2 is 1.53 bits per heavy atom. The minimum Gasteiger partial charge on any atom is -0.324 e. The van der Waals surface area contributed by atoms with Gasteiger partial charge in [-0.25, -0.2) is 35.9 Å². The summed E-state index contributed by atoms with van der Waals surface area (Å²) in [5.74, 6) is -1.24. The highest BCUT2D eigenvalue weighted by Crippen LogP contribution is 2.24. The first-order chi connectivity index (χ1) is 16.8. The third kappa shape index (κ3) is 6.55. The van der Waals surface area contributed by atoms with Crippen LogP contribution in [0.5, 0.6) is 0 Å². The standard InChI is InChI=1S/C23H26FN5O5S2/c1-5-21(29(35(4,31)32)19-10-6-17(24)7-11-19)22(30)27-18-8-12-20(13-9-18)36(33,34)28-23-25-15(2)14-16(3)26-23/h6-14,21H,5H2,1-4H3,(H,27,30)(H,25,26,28)/t21-/m0/s1. The van der Waals surface area contributed by atoms with E-state index in [1.807, 2.05) is 0 Å². The second-order valence-corrected chi connectivity index (χ2v) is 11.6. The van der Waals surface area contributed by atoms with Gasteiger partial charge in [-0.15, -0.1) is 0 Å². The molecule has 1 amide bonds. The Labute approximate surface area is 209 Å². The van der Waals surface area contributed by atoms with Crippen molar-refractivity contribution in [3.63, 3.8) is 0 Å². The van der Waals surface area contributed by atoms with Gasteiger partial charge in [0.15, 0.2) is 0 Å². The largest absolute Gasteiger partial charge is 0.324 e. The van der Waals surface area contributed by atoms with Gasteiger partial charge in [-0.05, 0) is 74.9 Å². The Balaban J connectivity index is 1.80. The van der Waals surface area contributed by atoms with Gasteiger partial charge in [0.1, 0.15) is 11.9 Å². The molecule has 0 aliphatic rings. The highest BCUT2D eigenvalue weighted by molar-refractivity contribution is 7.92. The molecule has 1 aromatic heterocycles. The molecule has 10 nitrogen and oxygen atoms in total. The number of carbonyl (C=O) groups is 1. The second-order valence-electron chi connectivity index (χ2n) is 8.05. The van der Waals surface area contributed by atoms with Gasteiger partial charge in [0.25, 0.3) is 10.0 Å². The molecule has 0 unspecified atom stereocenters. The van der Waals surface area contributed by atoms with E-state index in [1.54, 1.807) is 26.8 Å². The van der Waals surface area contributed by atoms with Crippen LogP contribution >= 0.6 is 0 Å². The van der Waals surface area contributed by atoms with Crippen LogP contribution in [-0.4, -0.2) is 45.0 Å². The summed E-state index contributed by atoms with van der Waals surface area (Å²) in [5, 5.41) is 2.61. The third-order valence-electron chi connectivity index (χ3n) is 5.05. The molecule has 0 saturated carbocycles. The average Bonchev–Trinajstić information content (AvgIpc) is 2.76. The zero-order chi connectivity index (χ0) is 26.7. The number of nitrogens with one attached hydrogen (secondary N) is 2. The van der Waals surface area contributed by atoms with Crippen LogP contribution in [0.4, 0.5) is 21.7 Å². The van der Waals surface area contributed by atoms with E-state index in [0.717, 1.165) is 22.7 Å². The summed E-state index contributed by atoms with van der Waals surface area (Å²) < 4.78 is 67.0. The smallest absolute Gasteiger partial charge is 0.264 e. The van der Waals surface area contributed by atoms with Gasteiger partial charge in [0.2, 0.25) is 21.9 Å². The van der Waals surface area contributed by atoms with Crippen LogP contribution in [0.25, 0.3) is 0 Å². The summed E-state index contributed by atoms with van der Waals surface area (Å²) in [4.78, 5) is 21.1. The Morgan fingerprint density at radius 3 is 2.03 bits per heavy atom. The number of benzene rings is 2. The summed E-state index contributed by atoms with van der Waals surface area (Å²) in [6.45, 7) is 5.07. The zero-order valence-corrected chi connectivity index (χ0v) is 21.7. The SMILES string of the molecule is CC[C@@H](C(=O)Nc1ccc(S(=O)(=O)Nc2nc(C)cc(C)n2)cc1)N(c1ccc(F)cc1)S(C)(=O)=O. The number of nitrogens with zero attached hydrogens (tertiary/aromatic N) is 3. The molecule has 3 rings (SSSR count). The van der Waals surface area contributed by atoms with Crippen molar-refractivity contribution in [3.05, 3.63) is 71.8 Å². The molecule has 2 N–H and O–H groups in total. The third-order valence-corrected chi connectivity index (χ3v) is 7.57. The number of rotatable bonds is 9. The van der Waals surface area contributed by atoms with Crippen molar-refractivity contribution in [2.45, 2.75) is 38.1 Å². The number of halogens is 1. The molecule has 13 heteroatoms. The highest BCUT2D eigenvalue weighted by atomic mass is 32.2. The number of carbonyl (C=O) groups excluding carboxylic acids is 1. The predicted octanol–water partition coefficient (Wildman–Crippen LogP) is 3.22. The Morgan fingerprint density at radius 1 is 0.972 bits per heavy atom. The number of hydrogen-bond acceptors (Lipinski definition) is 7. The van der Waals surface area contributed by atoms with Crippen molar-refractivity contribution in [2.75, 3.05) is 20.6 Å². The fraction of sp³-hybridized carbons (Fsp3) is 0.261. The van der Waals surface area contributed by atoms with Crippen molar-refractivity contribution >= 4 is 43.3 Å². The van der Waals surface area contributed by atoms with Crippen LogP contribution in [0, 0.1) is 19.7 Å². The monoisotopic (exact) mass is 535 g/mol. The first-order valence-electron chi connectivity index (χ1n) is 10.8. The molecule has 3 aromatic rings. The van der Waals surface area contributed by atoms with Crippen LogP contribution < -0.4 is 14.3 Å². The lowest BCUT2D eigenvalue weighted by atomic mass is 10.2. The van der Waals surface area contributed by atoms with Gasteiger partial charge in [-0.2, -0.15) is 0 Å². The van der Waals surface area contributed by atoms with Gasteiger partial charge in [0.05, 0.1) is 16.8 Å². The van der Waals surface area contributed by atoms with Gasteiger partial charge in [0, 0.05) is 17.1 Å². The number of anilines is 3. The molecule has 0 bridgehead atoms. The topological polar surface area (TPSA) is 138 Å². The van der Waals surface area contributed by atoms with Crippen molar-refractivity contribution in [2.24, 2.45) is 0 Å². The molecular weight excluding hydrogens is 509 g/mol. The van der Waals surface area contributed by atoms with E-state index in [9.17, 15) is 26.0 Å². The lowest BCUT2D eigenvalue weighted by Gasteiger charge is -2.30. The number of sulfonamides is 2. The summed E-state index contributed by atoms with van der Waals surface area (Å²) >= 11 is 0. The zero-order valence-electron chi connectivity index (χ0n) is 20.1. The van der Waals surface area contributed by atoms with Crippen molar-refractivity contribution < 1.29 is 26.0 Å². The molecule has 0 fully saturated rings. The molecule has 0 spiro atoms. The van der Waals surface area contributed by atoms with E-state index < -0.39 is 37.8 Å². The van der Waals surface area contributed by atoms with Crippen molar-refractivity contribution in [1.82, 2.24) is 9.97 Å². The summed E-state index contributed by atoms with van der Waals surface area (Å²) in [6, 6.07) is 10.7. The fourth-order valence-corrected chi connectivity index (χ4v) is 5.70. The molecule has 2 aromatic carbocycles. The molecule has 0 aliphatic heterocycles. The fourth-order valence-electron chi connectivity index (χ4n) is 3.54. The van der Waals surface area contributed by atoms with Crippen LogP contribution in [-0.2, 0) is 24.8 Å². The quantitative estimate of drug-likeness (QED) is 0.429. The number of aromatic nitrogens is 2. The predicted molar refractivity (Wildman–Crippen MR) is 135 cm³/mol. The van der Waals surface area contributed by atoms with E-state index in [0.29, 0.717) is 11.4 Å². The summed E-state index contributed by atoms with van der Waals surface area (Å²) in [7, 11) is -7.88. The minimum atomic E-state index is -3.99. The number of hydrogen-bond donors (Lipinski definition) is 2. The molecular formula is C23H26FN5O5S2. The normalized spacial score (nSPS) is 12.6. The van der Waals surface area contributed by atoms with Crippen LogP contribution in [0.15, 0.2) is 59.5 Å². The first kappa shape index (κ1) is 27.0. The van der Waals surface area contributed by atoms with Crippen LogP contribution in [0.3, 0.4) is 0 Å².